The zero-order valence-electron chi connectivity index (χ0n) is 21.3. The third kappa shape index (κ3) is 12.7. The summed E-state index contributed by atoms with van der Waals surface area (Å²) in [6, 6.07) is 5.47. The first-order valence-corrected chi connectivity index (χ1v) is 12.3. The summed E-state index contributed by atoms with van der Waals surface area (Å²) in [4.78, 5) is 53.9. The fourth-order valence-electron chi connectivity index (χ4n) is 3.47. The molecule has 0 aromatic heterocycles. The highest BCUT2D eigenvalue weighted by Gasteiger charge is 2.27. The van der Waals surface area contributed by atoms with Gasteiger partial charge >= 0.3 is 0 Å². The second kappa shape index (κ2) is 16.9. The molecule has 0 saturated heterocycles. The molecule has 0 saturated carbocycles. The van der Waals surface area contributed by atoms with Crippen molar-refractivity contribution in [1.29, 1.82) is 0 Å². The van der Waals surface area contributed by atoms with E-state index in [1.807, 2.05) is 30.3 Å². The van der Waals surface area contributed by atoms with Gasteiger partial charge in [-0.2, -0.15) is 0 Å². The minimum atomic E-state index is -1.00. The highest BCUT2D eigenvalue weighted by molar-refractivity contribution is 5.94. The number of aliphatic imine (C=N–C) groups is 1. The molecule has 0 unspecified atom stereocenters. The highest BCUT2D eigenvalue weighted by Crippen LogP contribution is 2.05. The molecule has 0 bridgehead atoms. The molecule has 0 spiro atoms. The molecule has 13 nitrogen and oxygen atoms in total. The molecule has 0 fully saturated rings. The van der Waals surface area contributed by atoms with Gasteiger partial charge in [0, 0.05) is 6.54 Å². The Bertz CT molecular complexity index is 907. The van der Waals surface area contributed by atoms with Crippen molar-refractivity contribution < 1.29 is 19.2 Å². The Labute approximate surface area is 217 Å². The average Bonchev–Trinajstić information content (AvgIpc) is 2.85. The lowest BCUT2D eigenvalue weighted by Gasteiger charge is -2.24. The van der Waals surface area contributed by atoms with Crippen LogP contribution >= 0.6 is 0 Å². The summed E-state index contributed by atoms with van der Waals surface area (Å²) >= 11 is 0. The SMILES string of the molecule is C[C@H](NC(=O)[C@@H](CCCN=C(N)N)NC(=O)[C@@H](N)Cc1ccccc1)C(=O)N[C@@H](CCCCN)C(N)=O. The van der Waals surface area contributed by atoms with E-state index in [4.69, 9.17) is 28.7 Å². The van der Waals surface area contributed by atoms with Crippen molar-refractivity contribution in [3.63, 3.8) is 0 Å². The number of hydrogen-bond acceptors (Lipinski definition) is 7. The summed E-state index contributed by atoms with van der Waals surface area (Å²) in [5, 5.41) is 7.78. The van der Waals surface area contributed by atoms with E-state index in [2.05, 4.69) is 20.9 Å². The van der Waals surface area contributed by atoms with Crippen LogP contribution in [0.3, 0.4) is 0 Å². The van der Waals surface area contributed by atoms with Gasteiger partial charge in [-0.15, -0.1) is 0 Å². The summed E-state index contributed by atoms with van der Waals surface area (Å²) in [6.45, 7) is 2.17. The number of nitrogens with zero attached hydrogens (tertiary/aromatic N) is 1. The molecular weight excluding hydrogens is 478 g/mol. The lowest BCUT2D eigenvalue weighted by atomic mass is 10.0. The van der Waals surface area contributed by atoms with Crippen LogP contribution in [-0.4, -0.2) is 66.8 Å². The first kappa shape index (κ1) is 31.3. The molecule has 4 atom stereocenters. The molecule has 0 aliphatic carbocycles. The van der Waals surface area contributed by atoms with Gasteiger partial charge in [0.2, 0.25) is 23.6 Å². The fraction of sp³-hybridized carbons (Fsp3) is 0.542. The minimum absolute atomic E-state index is 0.0873. The summed E-state index contributed by atoms with van der Waals surface area (Å²) in [5.74, 6) is -2.46. The molecule has 206 valence electrons. The van der Waals surface area contributed by atoms with Crippen LogP contribution in [0.25, 0.3) is 0 Å². The van der Waals surface area contributed by atoms with Gasteiger partial charge < -0.3 is 44.6 Å². The van der Waals surface area contributed by atoms with Crippen LogP contribution in [0.2, 0.25) is 0 Å². The third-order valence-corrected chi connectivity index (χ3v) is 5.57. The zero-order valence-corrected chi connectivity index (χ0v) is 21.3. The number of carbonyl (C=O) groups is 4. The van der Waals surface area contributed by atoms with Crippen molar-refractivity contribution in [1.82, 2.24) is 16.0 Å². The number of rotatable bonds is 17. The summed E-state index contributed by atoms with van der Waals surface area (Å²) < 4.78 is 0. The van der Waals surface area contributed by atoms with Gasteiger partial charge in [0.1, 0.15) is 18.1 Å². The number of nitrogens with two attached hydrogens (primary N) is 5. The van der Waals surface area contributed by atoms with Crippen LogP contribution in [0.4, 0.5) is 0 Å². The molecule has 1 rings (SSSR count). The Hall–Kier alpha value is -3.71. The molecule has 1 aromatic rings. The van der Waals surface area contributed by atoms with Gasteiger partial charge in [0.25, 0.3) is 0 Å². The number of unbranched alkanes of at least 4 members (excludes halogenated alkanes) is 1. The molecule has 0 radical (unpaired) electrons. The van der Waals surface area contributed by atoms with Crippen molar-refractivity contribution in [2.45, 2.75) is 69.6 Å². The number of guanidine groups is 1. The van der Waals surface area contributed by atoms with Gasteiger partial charge in [0.05, 0.1) is 6.04 Å². The number of hydrogen-bond donors (Lipinski definition) is 8. The molecular formula is C24H41N9O4. The van der Waals surface area contributed by atoms with Gasteiger partial charge in [-0.3, -0.25) is 24.2 Å². The minimum Gasteiger partial charge on any atom is -0.370 e. The van der Waals surface area contributed by atoms with Crippen LogP contribution in [-0.2, 0) is 25.6 Å². The first-order valence-electron chi connectivity index (χ1n) is 12.3. The van der Waals surface area contributed by atoms with Crippen LogP contribution in [0.1, 0.15) is 44.6 Å². The van der Waals surface area contributed by atoms with E-state index in [0.717, 1.165) is 5.56 Å². The van der Waals surface area contributed by atoms with Crippen molar-refractivity contribution in [2.75, 3.05) is 13.1 Å². The molecule has 0 aliphatic heterocycles. The summed E-state index contributed by atoms with van der Waals surface area (Å²) in [6.07, 6.45) is 2.49. The molecule has 0 aliphatic rings. The third-order valence-electron chi connectivity index (χ3n) is 5.57. The number of carbonyl (C=O) groups excluding carboxylic acids is 4. The Balaban J connectivity index is 2.80. The molecule has 13 N–H and O–H groups in total. The maximum absolute atomic E-state index is 13.0. The number of amides is 4. The second-order valence-electron chi connectivity index (χ2n) is 8.78. The van der Waals surface area contributed by atoms with Crippen LogP contribution < -0.4 is 44.6 Å². The lowest BCUT2D eigenvalue weighted by Crippen LogP contribution is -2.56. The Kier molecular flexibility index (Phi) is 14.3. The van der Waals surface area contributed by atoms with E-state index >= 15 is 0 Å². The van der Waals surface area contributed by atoms with Crippen LogP contribution in [0, 0.1) is 0 Å². The van der Waals surface area contributed by atoms with E-state index in [1.165, 1.54) is 6.92 Å². The molecule has 4 amide bonds. The quantitative estimate of drug-likeness (QED) is 0.0629. The first-order chi connectivity index (χ1) is 17.5. The number of benzene rings is 1. The zero-order chi connectivity index (χ0) is 27.8. The van der Waals surface area contributed by atoms with Crippen molar-refractivity contribution >= 4 is 29.6 Å². The second-order valence-corrected chi connectivity index (χ2v) is 8.78. The maximum atomic E-state index is 13.0. The molecule has 13 heteroatoms. The Morgan fingerprint density at radius 1 is 0.838 bits per heavy atom. The monoisotopic (exact) mass is 519 g/mol. The van der Waals surface area contributed by atoms with E-state index < -0.39 is 47.8 Å². The Morgan fingerprint density at radius 2 is 1.46 bits per heavy atom. The maximum Gasteiger partial charge on any atom is 0.243 e. The van der Waals surface area contributed by atoms with Gasteiger partial charge in [0.15, 0.2) is 5.96 Å². The molecule has 37 heavy (non-hydrogen) atoms. The smallest absolute Gasteiger partial charge is 0.243 e. The van der Waals surface area contributed by atoms with Gasteiger partial charge in [-0.25, -0.2) is 0 Å². The summed E-state index contributed by atoms with van der Waals surface area (Å²) in [7, 11) is 0. The average molecular weight is 520 g/mol. The van der Waals surface area contributed by atoms with E-state index in [-0.39, 0.29) is 25.3 Å². The van der Waals surface area contributed by atoms with Crippen LogP contribution in [0.15, 0.2) is 35.3 Å². The number of primary amides is 1. The van der Waals surface area contributed by atoms with Crippen molar-refractivity contribution in [2.24, 2.45) is 33.7 Å². The van der Waals surface area contributed by atoms with E-state index in [9.17, 15) is 19.2 Å². The predicted molar refractivity (Wildman–Crippen MR) is 142 cm³/mol. The van der Waals surface area contributed by atoms with Gasteiger partial charge in [-0.05, 0) is 57.6 Å². The predicted octanol–water partition coefficient (Wildman–Crippen LogP) is -2.30. The molecule has 0 heterocycles. The van der Waals surface area contributed by atoms with Gasteiger partial charge in [-0.1, -0.05) is 30.3 Å². The highest BCUT2D eigenvalue weighted by atomic mass is 16.2. The van der Waals surface area contributed by atoms with Crippen molar-refractivity contribution in [3.8, 4) is 0 Å². The fourth-order valence-corrected chi connectivity index (χ4v) is 3.47. The Morgan fingerprint density at radius 3 is 2.05 bits per heavy atom. The lowest BCUT2D eigenvalue weighted by molar-refractivity contribution is -0.133. The normalized spacial score (nSPS) is 13.9. The standard InChI is InChI=1S/C24H41N9O4/c1-15(21(35)32-18(20(27)34)10-5-6-12-25)31-23(37)19(11-7-13-30-24(28)29)33-22(36)17(26)14-16-8-3-2-4-9-16/h2-4,8-9,15,17-19H,5-7,10-14,25-26H2,1H3,(H2,27,34)(H,31,37)(H,32,35)(H,33,36)(H4,28,29,30)/t15-,17-,18-,19+/m0/s1. The van der Waals surface area contributed by atoms with E-state index in [1.54, 1.807) is 0 Å². The van der Waals surface area contributed by atoms with Crippen molar-refractivity contribution in [3.05, 3.63) is 35.9 Å². The summed E-state index contributed by atoms with van der Waals surface area (Å²) in [5.41, 5.74) is 28.5. The topological polar surface area (TPSA) is 247 Å². The van der Waals surface area contributed by atoms with E-state index in [0.29, 0.717) is 32.2 Å². The largest absolute Gasteiger partial charge is 0.370 e. The molecule has 1 aromatic carbocycles. The number of nitrogens with one attached hydrogen (secondary N) is 3. The van der Waals surface area contributed by atoms with Crippen LogP contribution in [0.5, 0.6) is 0 Å².